The van der Waals surface area contributed by atoms with Crippen molar-refractivity contribution in [1.29, 1.82) is 0 Å². The van der Waals surface area contributed by atoms with Gasteiger partial charge in [-0.05, 0) is 44.6 Å². The lowest BCUT2D eigenvalue weighted by Gasteiger charge is -2.36. The molecule has 0 saturated carbocycles. The molecule has 3 atom stereocenters. The van der Waals surface area contributed by atoms with Gasteiger partial charge in [-0.3, -0.25) is 4.79 Å². The van der Waals surface area contributed by atoms with E-state index < -0.39 is 0 Å². The van der Waals surface area contributed by atoms with Crippen molar-refractivity contribution in [3.63, 3.8) is 0 Å². The van der Waals surface area contributed by atoms with Gasteiger partial charge in [0.1, 0.15) is 0 Å². The average Bonchev–Trinajstić information content (AvgIpc) is 3.11. The summed E-state index contributed by atoms with van der Waals surface area (Å²) in [5.74, 6) is 1.16. The van der Waals surface area contributed by atoms with E-state index >= 15 is 0 Å². The first kappa shape index (κ1) is 12.4. The number of hydrogen-bond donors (Lipinski definition) is 1. The van der Waals surface area contributed by atoms with Crippen LogP contribution in [0.1, 0.15) is 32.1 Å². The lowest BCUT2D eigenvalue weighted by atomic mass is 9.89. The first-order valence-electron chi connectivity index (χ1n) is 7.44. The number of hydrogen-bond acceptors (Lipinski definition) is 3. The van der Waals surface area contributed by atoms with Crippen LogP contribution in [0.15, 0.2) is 0 Å². The molecule has 1 amide bonds. The van der Waals surface area contributed by atoms with E-state index in [2.05, 4.69) is 10.2 Å². The molecule has 102 valence electrons. The number of rotatable bonds is 2. The molecule has 4 heteroatoms. The number of likely N-dealkylation sites (tertiary alicyclic amines) is 1. The molecule has 3 fully saturated rings. The molecular formula is C14H24N2O2. The van der Waals surface area contributed by atoms with E-state index in [1.165, 1.54) is 25.7 Å². The lowest BCUT2D eigenvalue weighted by molar-refractivity contribution is -0.137. The summed E-state index contributed by atoms with van der Waals surface area (Å²) in [5.41, 5.74) is 0. The number of carbonyl (C=O) groups excluding carboxylic acids is 1. The minimum Gasteiger partial charge on any atom is -0.381 e. The Morgan fingerprint density at radius 3 is 2.89 bits per heavy atom. The Bertz CT molecular complexity index is 296. The zero-order chi connectivity index (χ0) is 12.4. The fraction of sp³-hybridized carbons (Fsp3) is 0.929. The highest BCUT2D eigenvalue weighted by molar-refractivity contribution is 5.79. The van der Waals surface area contributed by atoms with Crippen molar-refractivity contribution < 1.29 is 9.53 Å². The predicted octanol–water partition coefficient (Wildman–Crippen LogP) is 1.01. The van der Waals surface area contributed by atoms with Gasteiger partial charge in [0.15, 0.2) is 0 Å². The Kier molecular flexibility index (Phi) is 3.85. The molecule has 0 bridgehead atoms. The molecule has 0 aliphatic carbocycles. The number of amides is 1. The molecule has 0 radical (unpaired) electrons. The van der Waals surface area contributed by atoms with Crippen molar-refractivity contribution in [3.05, 3.63) is 0 Å². The second-order valence-corrected chi connectivity index (χ2v) is 5.95. The molecule has 18 heavy (non-hydrogen) atoms. The molecule has 0 aromatic rings. The standard InChI is InChI=1S/C14H24N2O2/c17-14(12-5-8-18-10-12)16-7-2-3-11(9-16)13-4-1-6-15-13/h11-13,15H,1-10H2. The average molecular weight is 252 g/mol. The summed E-state index contributed by atoms with van der Waals surface area (Å²) in [5, 5.41) is 3.59. The van der Waals surface area contributed by atoms with Gasteiger partial charge in [-0.15, -0.1) is 0 Å². The molecule has 3 rings (SSSR count). The van der Waals surface area contributed by atoms with Gasteiger partial charge < -0.3 is 15.0 Å². The highest BCUT2D eigenvalue weighted by Crippen LogP contribution is 2.26. The van der Waals surface area contributed by atoms with E-state index in [1.807, 2.05) is 0 Å². The van der Waals surface area contributed by atoms with Crippen LogP contribution in [0.2, 0.25) is 0 Å². The monoisotopic (exact) mass is 252 g/mol. The van der Waals surface area contributed by atoms with Gasteiger partial charge in [-0.2, -0.15) is 0 Å². The summed E-state index contributed by atoms with van der Waals surface area (Å²) in [6, 6.07) is 0.653. The molecule has 3 saturated heterocycles. The first-order chi connectivity index (χ1) is 8.84. The van der Waals surface area contributed by atoms with Crippen LogP contribution in [-0.4, -0.2) is 49.7 Å². The summed E-state index contributed by atoms with van der Waals surface area (Å²) in [6.07, 6.45) is 5.96. The highest BCUT2D eigenvalue weighted by atomic mass is 16.5. The maximum atomic E-state index is 12.4. The van der Waals surface area contributed by atoms with Crippen molar-refractivity contribution in [2.75, 3.05) is 32.8 Å². The number of carbonyl (C=O) groups is 1. The third kappa shape index (κ3) is 2.54. The third-order valence-electron chi connectivity index (χ3n) is 4.72. The van der Waals surface area contributed by atoms with Crippen molar-refractivity contribution in [1.82, 2.24) is 10.2 Å². The molecular weight excluding hydrogens is 228 g/mol. The Labute approximate surface area is 109 Å². The van der Waals surface area contributed by atoms with Gasteiger partial charge in [0.25, 0.3) is 0 Å². The molecule has 0 aromatic carbocycles. The largest absolute Gasteiger partial charge is 0.381 e. The molecule has 1 N–H and O–H groups in total. The van der Waals surface area contributed by atoms with Gasteiger partial charge >= 0.3 is 0 Å². The predicted molar refractivity (Wildman–Crippen MR) is 69.3 cm³/mol. The number of nitrogens with one attached hydrogen (secondary N) is 1. The van der Waals surface area contributed by atoms with Crippen LogP contribution in [0.4, 0.5) is 0 Å². The highest BCUT2D eigenvalue weighted by Gasteiger charge is 2.34. The lowest BCUT2D eigenvalue weighted by Crippen LogP contribution is -2.47. The zero-order valence-corrected chi connectivity index (χ0v) is 11.1. The minimum absolute atomic E-state index is 0.139. The SMILES string of the molecule is O=C(C1CCOC1)N1CCCC(C2CCCN2)C1. The molecule has 3 aliphatic heterocycles. The number of piperidine rings is 1. The van der Waals surface area contributed by atoms with Crippen LogP contribution in [0.3, 0.4) is 0 Å². The summed E-state index contributed by atoms with van der Waals surface area (Å²) in [6.45, 7) is 4.48. The second-order valence-electron chi connectivity index (χ2n) is 5.95. The maximum absolute atomic E-state index is 12.4. The molecule has 0 spiro atoms. The Morgan fingerprint density at radius 2 is 2.17 bits per heavy atom. The molecule has 3 heterocycles. The van der Waals surface area contributed by atoms with Gasteiger partial charge in [0.2, 0.25) is 5.91 Å². The van der Waals surface area contributed by atoms with Gasteiger partial charge in [-0.25, -0.2) is 0 Å². The Hall–Kier alpha value is -0.610. The molecule has 3 aliphatic rings. The Balaban J connectivity index is 1.57. The van der Waals surface area contributed by atoms with E-state index in [9.17, 15) is 4.79 Å². The topological polar surface area (TPSA) is 41.6 Å². The summed E-state index contributed by atoms with van der Waals surface area (Å²) < 4.78 is 5.34. The fourth-order valence-electron chi connectivity index (χ4n) is 3.64. The van der Waals surface area contributed by atoms with Crippen LogP contribution >= 0.6 is 0 Å². The summed E-state index contributed by atoms with van der Waals surface area (Å²) in [4.78, 5) is 14.5. The van der Waals surface area contributed by atoms with Gasteiger partial charge in [-0.1, -0.05) is 0 Å². The molecule has 0 aromatic heterocycles. The third-order valence-corrected chi connectivity index (χ3v) is 4.72. The van der Waals surface area contributed by atoms with E-state index in [-0.39, 0.29) is 5.92 Å². The van der Waals surface area contributed by atoms with Crippen molar-refractivity contribution in [2.24, 2.45) is 11.8 Å². The summed E-state index contributed by atoms with van der Waals surface area (Å²) >= 11 is 0. The van der Waals surface area contributed by atoms with Crippen molar-refractivity contribution >= 4 is 5.91 Å². The van der Waals surface area contributed by atoms with Crippen LogP contribution in [0.5, 0.6) is 0 Å². The second kappa shape index (κ2) is 5.57. The van der Waals surface area contributed by atoms with E-state index in [0.29, 0.717) is 24.5 Å². The summed E-state index contributed by atoms with van der Waals surface area (Å²) in [7, 11) is 0. The normalized spacial score (nSPS) is 37.1. The van der Waals surface area contributed by atoms with Crippen LogP contribution in [0.25, 0.3) is 0 Å². The maximum Gasteiger partial charge on any atom is 0.228 e. The number of nitrogens with zero attached hydrogens (tertiary/aromatic N) is 1. The van der Waals surface area contributed by atoms with Gasteiger partial charge in [0, 0.05) is 25.7 Å². The van der Waals surface area contributed by atoms with E-state index in [4.69, 9.17) is 4.74 Å². The van der Waals surface area contributed by atoms with Crippen LogP contribution in [0, 0.1) is 11.8 Å². The first-order valence-corrected chi connectivity index (χ1v) is 7.44. The van der Waals surface area contributed by atoms with E-state index in [0.717, 1.165) is 32.7 Å². The molecule has 4 nitrogen and oxygen atoms in total. The number of ether oxygens (including phenoxy) is 1. The quantitative estimate of drug-likeness (QED) is 0.797. The fourth-order valence-corrected chi connectivity index (χ4v) is 3.64. The van der Waals surface area contributed by atoms with Crippen molar-refractivity contribution in [3.8, 4) is 0 Å². The zero-order valence-electron chi connectivity index (χ0n) is 11.1. The van der Waals surface area contributed by atoms with Crippen molar-refractivity contribution in [2.45, 2.75) is 38.1 Å². The van der Waals surface area contributed by atoms with Gasteiger partial charge in [0.05, 0.1) is 12.5 Å². The Morgan fingerprint density at radius 1 is 1.22 bits per heavy atom. The van der Waals surface area contributed by atoms with Crippen LogP contribution in [-0.2, 0) is 9.53 Å². The van der Waals surface area contributed by atoms with E-state index in [1.54, 1.807) is 0 Å². The minimum atomic E-state index is 0.139. The molecule has 3 unspecified atom stereocenters. The van der Waals surface area contributed by atoms with Crippen LogP contribution < -0.4 is 5.32 Å². The smallest absolute Gasteiger partial charge is 0.228 e.